The smallest absolute Gasteiger partial charge is 0.122 e. The van der Waals surface area contributed by atoms with Gasteiger partial charge in [0, 0.05) is 26.7 Å². The fraction of sp³-hybridized carbons (Fsp3) is 0.636. The van der Waals surface area contributed by atoms with Crippen LogP contribution >= 0.6 is 0 Å². The summed E-state index contributed by atoms with van der Waals surface area (Å²) in [6, 6.07) is 3.73. The first-order chi connectivity index (χ1) is 7.83. The zero-order valence-corrected chi connectivity index (χ0v) is 9.63. The molecule has 0 spiro atoms. The van der Waals surface area contributed by atoms with E-state index in [-0.39, 0.29) is 12.6 Å². The van der Waals surface area contributed by atoms with Gasteiger partial charge in [-0.1, -0.05) is 0 Å². The lowest BCUT2D eigenvalue weighted by atomic mass is 10.2. The highest BCUT2D eigenvalue weighted by molar-refractivity contribution is 5.05. The molecular formula is C11H20N2O3. The van der Waals surface area contributed by atoms with E-state index in [1.807, 2.05) is 12.1 Å². The van der Waals surface area contributed by atoms with Gasteiger partial charge in [-0.25, -0.2) is 0 Å². The van der Waals surface area contributed by atoms with Gasteiger partial charge in [-0.05, 0) is 12.1 Å². The van der Waals surface area contributed by atoms with Crippen molar-refractivity contribution in [3.05, 3.63) is 24.2 Å². The first-order valence-electron chi connectivity index (χ1n) is 5.40. The third-order valence-electron chi connectivity index (χ3n) is 2.51. The number of furan rings is 1. The summed E-state index contributed by atoms with van der Waals surface area (Å²) in [5.41, 5.74) is 5.74. The summed E-state index contributed by atoms with van der Waals surface area (Å²) in [6.45, 7) is 2.45. The van der Waals surface area contributed by atoms with Gasteiger partial charge in [0.05, 0.1) is 25.5 Å². The van der Waals surface area contributed by atoms with E-state index in [9.17, 15) is 0 Å². The average Bonchev–Trinajstić information content (AvgIpc) is 2.80. The molecule has 92 valence electrons. The average molecular weight is 228 g/mol. The number of methoxy groups -OCH3 is 1. The molecule has 1 unspecified atom stereocenters. The number of ether oxygens (including phenoxy) is 1. The molecule has 1 rings (SSSR count). The van der Waals surface area contributed by atoms with Crippen molar-refractivity contribution in [3.8, 4) is 0 Å². The van der Waals surface area contributed by atoms with Crippen molar-refractivity contribution in [1.29, 1.82) is 0 Å². The fourth-order valence-corrected chi connectivity index (χ4v) is 1.69. The van der Waals surface area contributed by atoms with Crippen molar-refractivity contribution >= 4 is 0 Å². The molecular weight excluding hydrogens is 208 g/mol. The maximum atomic E-state index is 9.02. The largest absolute Gasteiger partial charge is 0.468 e. The quantitative estimate of drug-likeness (QED) is 0.666. The summed E-state index contributed by atoms with van der Waals surface area (Å²) in [6.07, 6.45) is 1.63. The molecule has 0 bridgehead atoms. The maximum Gasteiger partial charge on any atom is 0.122 e. The van der Waals surface area contributed by atoms with Gasteiger partial charge in [-0.3, -0.25) is 4.90 Å². The zero-order valence-electron chi connectivity index (χ0n) is 9.63. The van der Waals surface area contributed by atoms with Crippen LogP contribution in [0.25, 0.3) is 0 Å². The second-order valence-electron chi connectivity index (χ2n) is 3.52. The summed E-state index contributed by atoms with van der Waals surface area (Å²) in [7, 11) is 1.65. The fourth-order valence-electron chi connectivity index (χ4n) is 1.69. The molecule has 3 N–H and O–H groups in total. The van der Waals surface area contributed by atoms with E-state index >= 15 is 0 Å². The molecule has 1 aromatic heterocycles. The maximum absolute atomic E-state index is 9.02. The van der Waals surface area contributed by atoms with Crippen molar-refractivity contribution in [2.45, 2.75) is 6.04 Å². The Labute approximate surface area is 95.8 Å². The molecule has 0 aliphatic carbocycles. The zero-order chi connectivity index (χ0) is 11.8. The van der Waals surface area contributed by atoms with Crippen LogP contribution in [-0.4, -0.2) is 50.0 Å². The SMILES string of the molecule is COCCN(CCO)C(CN)c1ccco1. The van der Waals surface area contributed by atoms with Crippen LogP contribution in [0, 0.1) is 0 Å². The highest BCUT2D eigenvalue weighted by atomic mass is 16.5. The topological polar surface area (TPSA) is 71.9 Å². The van der Waals surface area contributed by atoms with E-state index in [0.29, 0.717) is 19.7 Å². The summed E-state index contributed by atoms with van der Waals surface area (Å²) >= 11 is 0. The Morgan fingerprint density at radius 1 is 1.56 bits per heavy atom. The number of hydrogen-bond acceptors (Lipinski definition) is 5. The van der Waals surface area contributed by atoms with Crippen LogP contribution in [0.3, 0.4) is 0 Å². The Morgan fingerprint density at radius 2 is 2.38 bits per heavy atom. The number of hydrogen-bond donors (Lipinski definition) is 2. The highest BCUT2D eigenvalue weighted by Crippen LogP contribution is 2.19. The summed E-state index contributed by atoms with van der Waals surface area (Å²) in [4.78, 5) is 2.06. The van der Waals surface area contributed by atoms with Crippen molar-refractivity contribution in [2.24, 2.45) is 5.73 Å². The van der Waals surface area contributed by atoms with E-state index in [1.165, 1.54) is 0 Å². The molecule has 0 saturated carbocycles. The van der Waals surface area contributed by atoms with E-state index in [4.69, 9.17) is 20.0 Å². The molecule has 1 atom stereocenters. The Kier molecular flexibility index (Phi) is 6.10. The summed E-state index contributed by atoms with van der Waals surface area (Å²) in [5, 5.41) is 9.02. The Hall–Kier alpha value is -0.880. The van der Waals surface area contributed by atoms with Crippen LogP contribution in [0.5, 0.6) is 0 Å². The molecule has 0 aliphatic heterocycles. The molecule has 0 saturated heterocycles. The first kappa shape index (κ1) is 13.2. The second-order valence-corrected chi connectivity index (χ2v) is 3.52. The summed E-state index contributed by atoms with van der Waals surface area (Å²) in [5.74, 6) is 0.826. The molecule has 0 aromatic carbocycles. The lowest BCUT2D eigenvalue weighted by Gasteiger charge is -2.28. The molecule has 0 amide bonds. The van der Waals surface area contributed by atoms with Crippen molar-refractivity contribution in [2.75, 3.05) is 40.0 Å². The van der Waals surface area contributed by atoms with Crippen molar-refractivity contribution in [1.82, 2.24) is 4.90 Å². The predicted octanol–water partition coefficient (Wildman–Crippen LogP) is 0.220. The van der Waals surface area contributed by atoms with Gasteiger partial charge in [-0.2, -0.15) is 0 Å². The standard InChI is InChI=1S/C11H20N2O3/c1-15-8-5-13(4-6-14)10(9-12)11-3-2-7-16-11/h2-3,7,10,14H,4-6,8-9,12H2,1H3. The lowest BCUT2D eigenvalue weighted by Crippen LogP contribution is -2.37. The van der Waals surface area contributed by atoms with E-state index < -0.39 is 0 Å². The van der Waals surface area contributed by atoms with Crippen LogP contribution in [0.4, 0.5) is 0 Å². The minimum atomic E-state index is -0.00250. The van der Waals surface area contributed by atoms with Gasteiger partial charge in [0.15, 0.2) is 0 Å². The molecule has 1 heterocycles. The van der Waals surface area contributed by atoms with Gasteiger partial charge in [0.1, 0.15) is 5.76 Å². The molecule has 1 aromatic rings. The molecule has 0 radical (unpaired) electrons. The van der Waals surface area contributed by atoms with Gasteiger partial charge in [0.2, 0.25) is 0 Å². The van der Waals surface area contributed by atoms with E-state index in [2.05, 4.69) is 4.90 Å². The number of aliphatic hydroxyl groups excluding tert-OH is 1. The number of nitrogens with two attached hydrogens (primary N) is 1. The van der Waals surface area contributed by atoms with Gasteiger partial charge >= 0.3 is 0 Å². The number of aliphatic hydroxyl groups is 1. The third-order valence-corrected chi connectivity index (χ3v) is 2.51. The third kappa shape index (κ3) is 3.61. The Balaban J connectivity index is 2.65. The van der Waals surface area contributed by atoms with Crippen LogP contribution in [-0.2, 0) is 4.74 Å². The molecule has 0 aliphatic rings. The van der Waals surface area contributed by atoms with E-state index in [1.54, 1.807) is 13.4 Å². The normalized spacial score (nSPS) is 13.2. The van der Waals surface area contributed by atoms with Crippen LogP contribution < -0.4 is 5.73 Å². The monoisotopic (exact) mass is 228 g/mol. The van der Waals surface area contributed by atoms with Gasteiger partial charge < -0.3 is 20.0 Å². The first-order valence-corrected chi connectivity index (χ1v) is 5.40. The molecule has 16 heavy (non-hydrogen) atoms. The Bertz CT molecular complexity index is 264. The second kappa shape index (κ2) is 7.40. The minimum Gasteiger partial charge on any atom is -0.468 e. The Morgan fingerprint density at radius 3 is 2.88 bits per heavy atom. The van der Waals surface area contributed by atoms with E-state index in [0.717, 1.165) is 12.3 Å². The molecule has 0 fully saturated rings. The number of rotatable bonds is 8. The molecule has 5 heteroatoms. The predicted molar refractivity (Wildman–Crippen MR) is 61.0 cm³/mol. The van der Waals surface area contributed by atoms with Crippen LogP contribution in [0.1, 0.15) is 11.8 Å². The minimum absolute atomic E-state index is 0.00250. The lowest BCUT2D eigenvalue weighted by molar-refractivity contribution is 0.0953. The van der Waals surface area contributed by atoms with Crippen molar-refractivity contribution in [3.63, 3.8) is 0 Å². The van der Waals surface area contributed by atoms with Crippen molar-refractivity contribution < 1.29 is 14.3 Å². The van der Waals surface area contributed by atoms with Gasteiger partial charge in [-0.15, -0.1) is 0 Å². The highest BCUT2D eigenvalue weighted by Gasteiger charge is 2.20. The summed E-state index contributed by atoms with van der Waals surface area (Å²) < 4.78 is 10.4. The molecule has 5 nitrogen and oxygen atoms in total. The van der Waals surface area contributed by atoms with Crippen LogP contribution in [0.2, 0.25) is 0 Å². The number of nitrogens with zero attached hydrogens (tertiary/aromatic N) is 1. The van der Waals surface area contributed by atoms with Gasteiger partial charge in [0.25, 0.3) is 0 Å². The van der Waals surface area contributed by atoms with Crippen LogP contribution in [0.15, 0.2) is 22.8 Å².